The average Bonchev–Trinajstić information content (AvgIpc) is 3.42. The lowest BCUT2D eigenvalue weighted by Gasteiger charge is -2.28. The molecule has 2 heterocycles. The van der Waals surface area contributed by atoms with Crippen LogP contribution in [0.25, 0.3) is 0 Å². The number of anilines is 1. The van der Waals surface area contributed by atoms with E-state index in [4.69, 9.17) is 11.6 Å². The monoisotopic (exact) mass is 535 g/mol. The molecule has 0 spiro atoms. The molecule has 0 bridgehead atoms. The van der Waals surface area contributed by atoms with Crippen molar-refractivity contribution < 1.29 is 9.59 Å². The number of carbonyl (C=O) groups is 2. The molecular formula is C30H38ClN5O2. The third-order valence-electron chi connectivity index (χ3n) is 7.02. The number of rotatable bonds is 8. The number of aromatic amines is 1. The van der Waals surface area contributed by atoms with E-state index in [0.29, 0.717) is 37.5 Å². The van der Waals surface area contributed by atoms with E-state index in [9.17, 15) is 9.59 Å². The molecule has 1 aromatic heterocycles. The summed E-state index contributed by atoms with van der Waals surface area (Å²) < 4.78 is 0. The van der Waals surface area contributed by atoms with Gasteiger partial charge in [0.25, 0.3) is 0 Å². The fourth-order valence-corrected chi connectivity index (χ4v) is 5.16. The number of carbonyl (C=O) groups excluding carboxylic acids is 2. The second kappa shape index (κ2) is 14.1. The first-order valence-corrected chi connectivity index (χ1v) is 14.0. The Hall–Kier alpha value is -3.16. The van der Waals surface area contributed by atoms with Crippen LogP contribution in [0.5, 0.6) is 0 Å². The SMILES string of the molecule is CCCC(=O)N1CCCN(Cc2ccccc2)CCN(C(=O)CCCc2cn[nH]c2)Cc2ccc(Cl)cc21. The molecule has 0 saturated carbocycles. The van der Waals surface area contributed by atoms with Crippen molar-refractivity contribution in [2.24, 2.45) is 0 Å². The number of aromatic nitrogens is 2. The van der Waals surface area contributed by atoms with Gasteiger partial charge in [-0.25, -0.2) is 0 Å². The zero-order chi connectivity index (χ0) is 26.7. The number of H-pyrrole nitrogens is 1. The minimum atomic E-state index is 0.0999. The summed E-state index contributed by atoms with van der Waals surface area (Å²) in [6, 6.07) is 16.1. The molecule has 1 aliphatic heterocycles. The molecule has 0 aliphatic carbocycles. The Morgan fingerprint density at radius 1 is 0.974 bits per heavy atom. The Kier molecular flexibility index (Phi) is 10.4. The van der Waals surface area contributed by atoms with Crippen molar-refractivity contribution >= 4 is 29.1 Å². The predicted molar refractivity (Wildman–Crippen MR) is 152 cm³/mol. The third-order valence-corrected chi connectivity index (χ3v) is 7.25. The van der Waals surface area contributed by atoms with Gasteiger partial charge in [-0.05, 0) is 54.5 Å². The second-order valence-corrected chi connectivity index (χ2v) is 10.4. The summed E-state index contributed by atoms with van der Waals surface area (Å²) in [5.74, 6) is 0.225. The maximum Gasteiger partial charge on any atom is 0.226 e. The maximum atomic E-state index is 13.5. The summed E-state index contributed by atoms with van der Waals surface area (Å²) in [5, 5.41) is 7.43. The molecule has 38 heavy (non-hydrogen) atoms. The fraction of sp³-hybridized carbons (Fsp3) is 0.433. The summed E-state index contributed by atoms with van der Waals surface area (Å²) in [6.45, 7) is 6.14. The molecule has 0 radical (unpaired) electrons. The van der Waals surface area contributed by atoms with E-state index in [2.05, 4.69) is 39.4 Å². The Balaban J connectivity index is 1.58. The average molecular weight is 536 g/mol. The van der Waals surface area contributed by atoms with E-state index in [1.54, 1.807) is 6.20 Å². The van der Waals surface area contributed by atoms with E-state index in [1.807, 2.05) is 47.2 Å². The lowest BCUT2D eigenvalue weighted by atomic mass is 10.1. The van der Waals surface area contributed by atoms with Crippen LogP contribution in [0.15, 0.2) is 60.9 Å². The van der Waals surface area contributed by atoms with Crippen LogP contribution in [-0.4, -0.2) is 58.0 Å². The number of fused-ring (bicyclic) bond motifs is 1. The third kappa shape index (κ3) is 7.92. The smallest absolute Gasteiger partial charge is 0.226 e. The second-order valence-electron chi connectivity index (χ2n) is 9.96. The van der Waals surface area contributed by atoms with Crippen LogP contribution in [0.2, 0.25) is 5.02 Å². The van der Waals surface area contributed by atoms with Crippen molar-refractivity contribution in [2.75, 3.05) is 31.1 Å². The van der Waals surface area contributed by atoms with Crippen LogP contribution >= 0.6 is 11.6 Å². The molecular weight excluding hydrogens is 498 g/mol. The minimum Gasteiger partial charge on any atom is -0.337 e. The van der Waals surface area contributed by atoms with Crippen molar-refractivity contribution in [2.45, 2.75) is 58.5 Å². The van der Waals surface area contributed by atoms with Crippen molar-refractivity contribution in [1.29, 1.82) is 0 Å². The van der Waals surface area contributed by atoms with Crippen LogP contribution < -0.4 is 4.90 Å². The number of nitrogens with zero attached hydrogens (tertiary/aromatic N) is 4. The molecule has 2 aromatic carbocycles. The van der Waals surface area contributed by atoms with Gasteiger partial charge in [-0.2, -0.15) is 5.10 Å². The molecule has 7 nitrogen and oxygen atoms in total. The van der Waals surface area contributed by atoms with Gasteiger partial charge in [0.1, 0.15) is 0 Å². The van der Waals surface area contributed by atoms with E-state index < -0.39 is 0 Å². The molecule has 3 aromatic rings. The molecule has 1 aliphatic rings. The molecule has 8 heteroatoms. The molecule has 202 valence electrons. The molecule has 0 fully saturated rings. The summed E-state index contributed by atoms with van der Waals surface area (Å²) in [5.41, 5.74) is 4.13. The van der Waals surface area contributed by atoms with Gasteiger partial charge in [-0.3, -0.25) is 19.6 Å². The normalized spacial score (nSPS) is 15.1. The highest BCUT2D eigenvalue weighted by Gasteiger charge is 2.24. The van der Waals surface area contributed by atoms with Gasteiger partial charge in [0.05, 0.1) is 11.9 Å². The molecule has 0 unspecified atom stereocenters. The number of nitrogens with one attached hydrogen (secondary N) is 1. The fourth-order valence-electron chi connectivity index (χ4n) is 4.99. The predicted octanol–water partition coefficient (Wildman–Crippen LogP) is 5.45. The highest BCUT2D eigenvalue weighted by Crippen LogP contribution is 2.28. The van der Waals surface area contributed by atoms with Crippen LogP contribution in [0.4, 0.5) is 5.69 Å². The summed E-state index contributed by atoms with van der Waals surface area (Å²) in [6.07, 6.45) is 7.82. The molecule has 0 saturated heterocycles. The Labute approximate surface area is 230 Å². The zero-order valence-electron chi connectivity index (χ0n) is 22.2. The first kappa shape index (κ1) is 27.9. The lowest BCUT2D eigenvalue weighted by Crippen LogP contribution is -2.38. The summed E-state index contributed by atoms with van der Waals surface area (Å²) in [4.78, 5) is 33.0. The Morgan fingerprint density at radius 3 is 2.58 bits per heavy atom. The highest BCUT2D eigenvalue weighted by atomic mass is 35.5. The Bertz CT molecular complexity index is 1170. The number of amides is 2. The van der Waals surface area contributed by atoms with Crippen molar-refractivity contribution in [3.05, 3.63) is 82.6 Å². The quantitative estimate of drug-likeness (QED) is 0.416. The minimum absolute atomic E-state index is 0.0999. The number of halogens is 1. The molecule has 2 amide bonds. The summed E-state index contributed by atoms with van der Waals surface area (Å²) in [7, 11) is 0. The molecule has 1 N–H and O–H groups in total. The van der Waals surface area contributed by atoms with Gasteiger partial charge >= 0.3 is 0 Å². The molecule has 4 rings (SSSR count). The van der Waals surface area contributed by atoms with Crippen LogP contribution in [-0.2, 0) is 29.1 Å². The van der Waals surface area contributed by atoms with E-state index in [1.165, 1.54) is 5.56 Å². The Morgan fingerprint density at radius 2 is 1.82 bits per heavy atom. The van der Waals surface area contributed by atoms with Crippen LogP contribution in [0, 0.1) is 0 Å². The van der Waals surface area contributed by atoms with E-state index >= 15 is 0 Å². The number of benzene rings is 2. The van der Waals surface area contributed by atoms with Gasteiger partial charge < -0.3 is 9.80 Å². The van der Waals surface area contributed by atoms with Crippen molar-refractivity contribution in [1.82, 2.24) is 20.0 Å². The standard InChI is InChI=1S/C30H38ClN5O2/c1-2-8-30(38)36-16-7-15-34(22-24-9-4-3-5-10-24)17-18-35(23-26-13-14-27(31)19-28(26)36)29(37)12-6-11-25-20-32-33-21-25/h3-5,9-10,13-14,19-21H,2,6-8,11-12,15-18,22-23H2,1H3,(H,32,33). The van der Waals surface area contributed by atoms with Gasteiger partial charge in [0.2, 0.25) is 11.8 Å². The van der Waals surface area contributed by atoms with Crippen LogP contribution in [0.3, 0.4) is 0 Å². The number of aryl methyl sites for hydroxylation is 1. The summed E-state index contributed by atoms with van der Waals surface area (Å²) >= 11 is 6.42. The van der Waals surface area contributed by atoms with Crippen molar-refractivity contribution in [3.63, 3.8) is 0 Å². The topological polar surface area (TPSA) is 72.5 Å². The van der Waals surface area contributed by atoms with Gasteiger partial charge in [0.15, 0.2) is 0 Å². The first-order valence-electron chi connectivity index (χ1n) is 13.6. The zero-order valence-corrected chi connectivity index (χ0v) is 23.0. The lowest BCUT2D eigenvalue weighted by molar-refractivity contribution is -0.132. The first-order chi connectivity index (χ1) is 18.5. The number of hydrogen-bond acceptors (Lipinski definition) is 4. The van der Waals surface area contributed by atoms with E-state index in [-0.39, 0.29) is 11.8 Å². The van der Waals surface area contributed by atoms with E-state index in [0.717, 1.165) is 62.1 Å². The van der Waals surface area contributed by atoms with Crippen LogP contribution in [0.1, 0.15) is 55.7 Å². The number of hydrogen-bond donors (Lipinski definition) is 1. The maximum absolute atomic E-state index is 13.5. The largest absolute Gasteiger partial charge is 0.337 e. The highest BCUT2D eigenvalue weighted by molar-refractivity contribution is 6.31. The van der Waals surface area contributed by atoms with Crippen molar-refractivity contribution in [3.8, 4) is 0 Å². The van der Waals surface area contributed by atoms with Gasteiger partial charge in [-0.15, -0.1) is 0 Å². The molecule has 0 atom stereocenters. The van der Waals surface area contributed by atoms with Gasteiger partial charge in [-0.1, -0.05) is 54.9 Å². The van der Waals surface area contributed by atoms with Gasteiger partial charge in [0, 0.05) is 63.3 Å².